The van der Waals surface area contributed by atoms with Crippen LogP contribution < -0.4 is 11.1 Å². The Bertz CT molecular complexity index is 459. The van der Waals surface area contributed by atoms with Gasteiger partial charge in [-0.2, -0.15) is 0 Å². The van der Waals surface area contributed by atoms with E-state index in [1.54, 1.807) is 24.3 Å². The molecule has 0 fully saturated rings. The number of anilines is 1. The molecule has 3 N–H and O–H groups in total. The third-order valence-electron chi connectivity index (χ3n) is 2.14. The number of rotatable bonds is 3. The van der Waals surface area contributed by atoms with Crippen LogP contribution in [0, 0.1) is 0 Å². The minimum Gasteiger partial charge on any atom is -0.324 e. The molecule has 0 saturated heterocycles. The number of hydrogen-bond acceptors (Lipinski definition) is 5. The molecule has 88 valence electrons. The Morgan fingerprint density at radius 3 is 2.71 bits per heavy atom. The topological polar surface area (TPSA) is 100 Å². The number of nitrogens with two attached hydrogens (primary N) is 1. The molecule has 0 aromatic heterocycles. The van der Waals surface area contributed by atoms with Crippen molar-refractivity contribution in [1.82, 2.24) is 5.01 Å². The van der Waals surface area contributed by atoms with E-state index < -0.39 is 12.1 Å². The first kappa shape index (κ1) is 11.2. The Morgan fingerprint density at radius 1 is 1.41 bits per heavy atom. The van der Waals surface area contributed by atoms with Crippen molar-refractivity contribution >= 4 is 17.5 Å². The van der Waals surface area contributed by atoms with E-state index in [0.717, 1.165) is 5.01 Å². The van der Waals surface area contributed by atoms with Gasteiger partial charge in [0.1, 0.15) is 6.54 Å². The number of carbonyl (C=O) groups excluding carboxylic acids is 2. The fourth-order valence-corrected chi connectivity index (χ4v) is 1.33. The van der Waals surface area contributed by atoms with Crippen LogP contribution in [0.3, 0.4) is 0 Å². The summed E-state index contributed by atoms with van der Waals surface area (Å²) in [6.07, 6.45) is -0.987. The summed E-state index contributed by atoms with van der Waals surface area (Å²) in [6.45, 7) is -0.190. The van der Waals surface area contributed by atoms with Gasteiger partial charge in [-0.05, 0) is 12.1 Å². The molecule has 0 spiro atoms. The molecule has 0 bridgehead atoms. The van der Waals surface area contributed by atoms with E-state index in [9.17, 15) is 9.59 Å². The van der Waals surface area contributed by atoms with Gasteiger partial charge in [-0.3, -0.25) is 9.59 Å². The maximum atomic E-state index is 11.6. The summed E-state index contributed by atoms with van der Waals surface area (Å²) in [6, 6.07) is 8.93. The van der Waals surface area contributed by atoms with Crippen LogP contribution >= 0.6 is 0 Å². The first-order chi connectivity index (χ1) is 8.16. The van der Waals surface area contributed by atoms with Crippen molar-refractivity contribution in [2.75, 3.05) is 11.9 Å². The molecular weight excluding hydrogens is 222 g/mol. The van der Waals surface area contributed by atoms with Gasteiger partial charge in [-0.1, -0.05) is 23.4 Å². The van der Waals surface area contributed by atoms with Crippen molar-refractivity contribution in [1.29, 1.82) is 0 Å². The van der Waals surface area contributed by atoms with Crippen molar-refractivity contribution in [3.8, 4) is 0 Å². The summed E-state index contributed by atoms with van der Waals surface area (Å²) in [5.41, 5.74) is 5.97. The Labute approximate surface area is 97.3 Å². The Hall–Kier alpha value is -2.28. The quantitative estimate of drug-likeness (QED) is 0.775. The van der Waals surface area contributed by atoms with E-state index in [1.165, 1.54) is 0 Å². The molecule has 2 amide bonds. The summed E-state index contributed by atoms with van der Waals surface area (Å²) in [7, 11) is 0. The summed E-state index contributed by atoms with van der Waals surface area (Å²) in [5, 5.41) is 10.5. The third kappa shape index (κ3) is 2.64. The van der Waals surface area contributed by atoms with Gasteiger partial charge in [0.2, 0.25) is 12.1 Å². The average Bonchev–Trinajstić information content (AvgIpc) is 2.62. The molecule has 1 aromatic rings. The lowest BCUT2D eigenvalue weighted by atomic mass is 10.3. The highest BCUT2D eigenvalue weighted by atomic mass is 16.2. The molecule has 1 aliphatic heterocycles. The highest BCUT2D eigenvalue weighted by Crippen LogP contribution is 2.08. The zero-order valence-corrected chi connectivity index (χ0v) is 8.91. The molecule has 0 radical (unpaired) electrons. The van der Waals surface area contributed by atoms with Gasteiger partial charge < -0.3 is 11.1 Å². The fraction of sp³-hybridized carbons (Fsp3) is 0.200. The second-order valence-corrected chi connectivity index (χ2v) is 3.46. The predicted molar refractivity (Wildman–Crippen MR) is 59.6 cm³/mol. The van der Waals surface area contributed by atoms with Crippen LogP contribution in [0.2, 0.25) is 0 Å². The van der Waals surface area contributed by atoms with Crippen molar-refractivity contribution in [3.05, 3.63) is 30.3 Å². The molecule has 0 saturated carbocycles. The normalized spacial score (nSPS) is 18.5. The molecular formula is C10H11N5O2. The van der Waals surface area contributed by atoms with Crippen LogP contribution in [0.5, 0.6) is 0 Å². The lowest BCUT2D eigenvalue weighted by Gasteiger charge is -2.10. The SMILES string of the molecule is NC1N=NN(CC(=O)Nc2ccccc2)C1=O. The van der Waals surface area contributed by atoms with Crippen molar-refractivity contribution < 1.29 is 9.59 Å². The molecule has 7 heteroatoms. The van der Waals surface area contributed by atoms with E-state index in [2.05, 4.69) is 15.7 Å². The van der Waals surface area contributed by atoms with Crippen LogP contribution in [0.15, 0.2) is 40.7 Å². The second kappa shape index (κ2) is 4.71. The standard InChI is InChI=1S/C10H11N5O2/c11-9-10(17)15(14-13-9)6-8(16)12-7-4-2-1-3-5-7/h1-5,9H,6,11H2,(H,12,16). The Balaban J connectivity index is 1.91. The molecule has 1 atom stereocenters. The molecule has 1 aliphatic rings. The largest absolute Gasteiger partial charge is 0.324 e. The predicted octanol–water partition coefficient (Wildman–Crippen LogP) is 0.119. The Morgan fingerprint density at radius 2 is 2.12 bits per heavy atom. The van der Waals surface area contributed by atoms with Gasteiger partial charge in [-0.25, -0.2) is 5.01 Å². The highest BCUT2D eigenvalue weighted by Gasteiger charge is 2.28. The lowest BCUT2D eigenvalue weighted by molar-refractivity contribution is -0.133. The summed E-state index contributed by atoms with van der Waals surface area (Å²) in [5.74, 6) is -0.828. The molecule has 17 heavy (non-hydrogen) atoms. The monoisotopic (exact) mass is 233 g/mol. The van der Waals surface area contributed by atoms with Gasteiger partial charge in [0.25, 0.3) is 5.91 Å². The minimum atomic E-state index is -0.987. The minimum absolute atomic E-state index is 0.190. The molecule has 1 unspecified atom stereocenters. The van der Waals surface area contributed by atoms with Crippen LogP contribution in [-0.2, 0) is 9.59 Å². The summed E-state index contributed by atoms with van der Waals surface area (Å²) < 4.78 is 0. The maximum absolute atomic E-state index is 11.6. The maximum Gasteiger partial charge on any atom is 0.285 e. The first-order valence-electron chi connectivity index (χ1n) is 4.99. The van der Waals surface area contributed by atoms with Gasteiger partial charge in [-0.15, -0.1) is 5.11 Å². The molecule has 0 aliphatic carbocycles. The third-order valence-corrected chi connectivity index (χ3v) is 2.14. The number of para-hydroxylation sites is 1. The number of nitrogens with one attached hydrogen (secondary N) is 1. The van der Waals surface area contributed by atoms with Crippen LogP contribution in [0.1, 0.15) is 0 Å². The van der Waals surface area contributed by atoms with E-state index in [0.29, 0.717) is 5.69 Å². The zero-order chi connectivity index (χ0) is 12.3. The van der Waals surface area contributed by atoms with E-state index in [1.807, 2.05) is 6.07 Å². The van der Waals surface area contributed by atoms with Crippen molar-refractivity contribution in [3.63, 3.8) is 0 Å². The van der Waals surface area contributed by atoms with Crippen molar-refractivity contribution in [2.45, 2.75) is 6.17 Å². The molecule has 1 heterocycles. The van der Waals surface area contributed by atoms with E-state index in [4.69, 9.17) is 5.73 Å². The Kier molecular flexibility index (Phi) is 3.10. The summed E-state index contributed by atoms with van der Waals surface area (Å²) in [4.78, 5) is 22.9. The van der Waals surface area contributed by atoms with Crippen LogP contribution in [0.25, 0.3) is 0 Å². The van der Waals surface area contributed by atoms with Crippen molar-refractivity contribution in [2.24, 2.45) is 16.1 Å². The lowest BCUT2D eigenvalue weighted by Crippen LogP contribution is -2.38. The number of nitrogens with zero attached hydrogens (tertiary/aromatic N) is 3. The van der Waals surface area contributed by atoms with Gasteiger partial charge in [0.05, 0.1) is 0 Å². The zero-order valence-electron chi connectivity index (χ0n) is 8.91. The fourth-order valence-electron chi connectivity index (χ4n) is 1.33. The van der Waals surface area contributed by atoms with Crippen LogP contribution in [0.4, 0.5) is 5.69 Å². The molecule has 7 nitrogen and oxygen atoms in total. The van der Waals surface area contributed by atoms with E-state index >= 15 is 0 Å². The molecule has 1 aromatic carbocycles. The number of hydrogen-bond donors (Lipinski definition) is 2. The van der Waals surface area contributed by atoms with Gasteiger partial charge in [0, 0.05) is 5.69 Å². The van der Waals surface area contributed by atoms with Gasteiger partial charge in [0.15, 0.2) is 0 Å². The first-order valence-corrected chi connectivity index (χ1v) is 4.99. The van der Waals surface area contributed by atoms with Gasteiger partial charge >= 0.3 is 0 Å². The van der Waals surface area contributed by atoms with E-state index in [-0.39, 0.29) is 12.5 Å². The summed E-state index contributed by atoms with van der Waals surface area (Å²) >= 11 is 0. The smallest absolute Gasteiger partial charge is 0.285 e. The second-order valence-electron chi connectivity index (χ2n) is 3.46. The van der Waals surface area contributed by atoms with Crippen LogP contribution in [-0.4, -0.2) is 29.5 Å². The number of carbonyl (C=O) groups is 2. The highest BCUT2D eigenvalue weighted by molar-refractivity contribution is 5.95. The number of amides is 2. The average molecular weight is 233 g/mol. The number of benzene rings is 1. The molecule has 2 rings (SSSR count).